The molecular weight excluding hydrogens is 302 g/mol. The van der Waals surface area contributed by atoms with Gasteiger partial charge in [0.25, 0.3) is 0 Å². The van der Waals surface area contributed by atoms with Gasteiger partial charge in [-0.05, 0) is 26.2 Å². The molecule has 1 aliphatic heterocycles. The van der Waals surface area contributed by atoms with Gasteiger partial charge in [-0.3, -0.25) is 0 Å². The van der Waals surface area contributed by atoms with Crippen molar-refractivity contribution in [3.8, 4) is 0 Å². The van der Waals surface area contributed by atoms with E-state index < -0.39 is 11.7 Å². The Morgan fingerprint density at radius 2 is 2.38 bits per heavy atom. The van der Waals surface area contributed by atoms with Crippen LogP contribution in [0.1, 0.15) is 39.5 Å². The number of halogens is 1. The number of carbonyl (C=O) groups excluding carboxylic acids is 1. The molecule has 0 aromatic heterocycles. The second-order valence-electron chi connectivity index (χ2n) is 4.70. The zero-order valence-electron chi connectivity index (χ0n) is 12.4. The van der Waals surface area contributed by atoms with Crippen molar-refractivity contribution in [2.24, 2.45) is 5.28 Å². The molecular formula is C12H22ClN3O5. The van der Waals surface area contributed by atoms with Gasteiger partial charge in [0.2, 0.25) is 5.28 Å². The Morgan fingerprint density at radius 3 is 3.05 bits per heavy atom. The minimum absolute atomic E-state index is 0.0473. The summed E-state index contributed by atoms with van der Waals surface area (Å²) in [5.41, 5.74) is -0.754. The molecule has 0 amide bonds. The first kappa shape index (κ1) is 17.6. The Kier molecular flexibility index (Phi) is 7.96. The lowest BCUT2D eigenvalue weighted by Crippen LogP contribution is -2.39. The first-order valence-electron chi connectivity index (χ1n) is 7.08. The van der Waals surface area contributed by atoms with E-state index >= 15 is 0 Å². The highest BCUT2D eigenvalue weighted by Crippen LogP contribution is 2.18. The maximum atomic E-state index is 11.8. The molecule has 122 valence electrons. The van der Waals surface area contributed by atoms with Crippen LogP contribution in [0.15, 0.2) is 5.28 Å². The lowest BCUT2D eigenvalue weighted by Gasteiger charge is -2.19. The van der Waals surface area contributed by atoms with Crippen LogP contribution in [0, 0.1) is 5.21 Å². The van der Waals surface area contributed by atoms with Crippen LogP contribution in [-0.2, 0) is 14.3 Å². The monoisotopic (exact) mass is 323 g/mol. The first-order chi connectivity index (χ1) is 10.0. The van der Waals surface area contributed by atoms with Crippen molar-refractivity contribution in [3.63, 3.8) is 0 Å². The predicted octanol–water partition coefficient (Wildman–Crippen LogP) is 2.80. The standard InChI is InChI=1S/C12H22ClN3O5/c1-3-4-8-20-14-16(18)15-7-5-6-11(15)9-19-12(17)21-10(2)13/h10-11H,3-9H2,1-2H3/b16-14+/t10?,11-/m0/s1. The summed E-state index contributed by atoms with van der Waals surface area (Å²) in [7, 11) is 0. The molecule has 0 aromatic rings. The van der Waals surface area contributed by atoms with Gasteiger partial charge >= 0.3 is 6.16 Å². The summed E-state index contributed by atoms with van der Waals surface area (Å²) in [6.45, 7) is 4.53. The van der Waals surface area contributed by atoms with Crippen molar-refractivity contribution in [1.29, 1.82) is 0 Å². The number of hydrogen-bond acceptors (Lipinski definition) is 6. The minimum Gasteiger partial charge on any atom is -0.569 e. The third kappa shape index (κ3) is 6.70. The van der Waals surface area contributed by atoms with E-state index in [1.165, 1.54) is 11.9 Å². The third-order valence-corrected chi connectivity index (χ3v) is 3.02. The maximum absolute atomic E-state index is 11.8. The van der Waals surface area contributed by atoms with Crippen LogP contribution in [0.2, 0.25) is 0 Å². The van der Waals surface area contributed by atoms with Crippen molar-refractivity contribution in [3.05, 3.63) is 5.21 Å². The number of carbonyl (C=O) groups is 1. The molecule has 0 aliphatic carbocycles. The Bertz CT molecular complexity index is 354. The molecule has 0 bridgehead atoms. The second-order valence-corrected chi connectivity index (χ2v) is 5.32. The number of hydrazine groups is 1. The number of nitrogens with zero attached hydrogens (tertiary/aromatic N) is 3. The summed E-state index contributed by atoms with van der Waals surface area (Å²) in [6, 6.07) is -0.237. The van der Waals surface area contributed by atoms with Crippen LogP contribution >= 0.6 is 11.6 Å². The highest BCUT2D eigenvalue weighted by Gasteiger charge is 2.32. The van der Waals surface area contributed by atoms with Crippen LogP contribution in [0.3, 0.4) is 0 Å². The Morgan fingerprint density at radius 1 is 1.62 bits per heavy atom. The fraction of sp³-hybridized carbons (Fsp3) is 0.917. The Labute approximate surface area is 129 Å². The Hall–Kier alpha value is -1.44. The van der Waals surface area contributed by atoms with Gasteiger partial charge in [0.1, 0.15) is 19.3 Å². The van der Waals surface area contributed by atoms with Crippen LogP contribution in [-0.4, -0.2) is 47.5 Å². The van der Waals surface area contributed by atoms with Crippen molar-refractivity contribution in [2.45, 2.75) is 51.1 Å². The molecule has 21 heavy (non-hydrogen) atoms. The van der Waals surface area contributed by atoms with E-state index in [2.05, 4.69) is 10.0 Å². The van der Waals surface area contributed by atoms with E-state index in [4.69, 9.17) is 21.2 Å². The van der Waals surface area contributed by atoms with Crippen molar-refractivity contribution >= 4 is 17.8 Å². The molecule has 1 rings (SSSR count). The smallest absolute Gasteiger partial charge is 0.509 e. The average molecular weight is 324 g/mol. The zero-order valence-corrected chi connectivity index (χ0v) is 13.1. The number of alkyl halides is 1. The average Bonchev–Trinajstić information content (AvgIpc) is 2.89. The lowest BCUT2D eigenvalue weighted by atomic mass is 10.2. The molecule has 1 heterocycles. The van der Waals surface area contributed by atoms with Crippen LogP contribution in [0.5, 0.6) is 0 Å². The lowest BCUT2D eigenvalue weighted by molar-refractivity contribution is -0.714. The summed E-state index contributed by atoms with van der Waals surface area (Å²) in [4.78, 5) is 16.6. The zero-order chi connectivity index (χ0) is 15.7. The summed E-state index contributed by atoms with van der Waals surface area (Å²) < 4.78 is 9.57. The van der Waals surface area contributed by atoms with E-state index in [0.717, 1.165) is 25.7 Å². The summed E-state index contributed by atoms with van der Waals surface area (Å²) in [5, 5.41) is 16.7. The van der Waals surface area contributed by atoms with Gasteiger partial charge in [0, 0.05) is 0 Å². The van der Waals surface area contributed by atoms with Crippen molar-refractivity contribution in [2.75, 3.05) is 19.8 Å². The molecule has 0 spiro atoms. The number of unbranched alkanes of at least 4 members (excludes halogenated alkanes) is 1. The van der Waals surface area contributed by atoms with Gasteiger partial charge in [-0.2, -0.15) is 0 Å². The van der Waals surface area contributed by atoms with E-state index in [1.807, 2.05) is 6.92 Å². The molecule has 0 aromatic carbocycles. The number of hydrogen-bond donors (Lipinski definition) is 0. The normalized spacial score (nSPS) is 20.2. The van der Waals surface area contributed by atoms with Gasteiger partial charge in [-0.1, -0.05) is 24.9 Å². The van der Waals surface area contributed by atoms with Crippen molar-refractivity contribution in [1.82, 2.24) is 5.01 Å². The first-order valence-corrected chi connectivity index (χ1v) is 7.52. The fourth-order valence-corrected chi connectivity index (χ4v) is 1.96. The fourth-order valence-electron chi connectivity index (χ4n) is 1.89. The molecule has 1 aliphatic rings. The highest BCUT2D eigenvalue weighted by molar-refractivity contribution is 6.19. The van der Waals surface area contributed by atoms with Crippen molar-refractivity contribution < 1.29 is 24.1 Å². The van der Waals surface area contributed by atoms with E-state index in [1.54, 1.807) is 0 Å². The molecule has 8 nitrogen and oxygen atoms in total. The quantitative estimate of drug-likeness (QED) is 0.170. The van der Waals surface area contributed by atoms with E-state index in [-0.39, 0.29) is 12.6 Å². The third-order valence-electron chi connectivity index (χ3n) is 2.93. The topological polar surface area (TPSA) is 86.4 Å². The van der Waals surface area contributed by atoms with E-state index in [0.29, 0.717) is 18.1 Å². The molecule has 1 fully saturated rings. The van der Waals surface area contributed by atoms with E-state index in [9.17, 15) is 10.0 Å². The van der Waals surface area contributed by atoms with Gasteiger partial charge in [-0.15, -0.1) is 5.01 Å². The van der Waals surface area contributed by atoms with Gasteiger partial charge in [0.15, 0.2) is 5.56 Å². The van der Waals surface area contributed by atoms with Crippen LogP contribution in [0.4, 0.5) is 4.79 Å². The summed E-state index contributed by atoms with van der Waals surface area (Å²) >= 11 is 5.51. The van der Waals surface area contributed by atoms with Gasteiger partial charge in [-0.25, -0.2) is 4.79 Å². The SMILES string of the molecule is CCCCO/N=[N+](/[O-])N1CCC[C@H]1COC(=O)OC(C)Cl. The van der Waals surface area contributed by atoms with Gasteiger partial charge in [0.05, 0.1) is 11.5 Å². The molecule has 2 atom stereocenters. The Balaban J connectivity index is 2.38. The van der Waals surface area contributed by atoms with Crippen LogP contribution in [0.25, 0.3) is 0 Å². The summed E-state index contributed by atoms with van der Waals surface area (Å²) in [5.74, 6) is 0. The largest absolute Gasteiger partial charge is 0.569 e. The summed E-state index contributed by atoms with van der Waals surface area (Å²) in [6.07, 6.45) is 2.51. The minimum atomic E-state index is -0.849. The molecule has 1 saturated heterocycles. The molecule has 9 heteroatoms. The van der Waals surface area contributed by atoms with Gasteiger partial charge < -0.3 is 19.5 Å². The molecule has 0 N–H and O–H groups in total. The predicted molar refractivity (Wildman–Crippen MR) is 74.4 cm³/mol. The number of rotatable bonds is 8. The highest BCUT2D eigenvalue weighted by atomic mass is 35.5. The second kappa shape index (κ2) is 9.49. The molecule has 0 saturated carbocycles. The molecule has 0 radical (unpaired) electrons. The number of ether oxygens (including phenoxy) is 2. The molecule has 1 unspecified atom stereocenters. The maximum Gasteiger partial charge on any atom is 0.509 e. The van der Waals surface area contributed by atoms with Crippen LogP contribution < -0.4 is 0 Å².